The molecule has 0 bridgehead atoms. The Morgan fingerprint density at radius 1 is 0.387 bits per heavy atom. The molecule has 16 aromatic rings. The fraction of sp³-hybridized carbons (Fsp3) is 0.361. The molecule has 2 N–H and O–H groups in total. The van der Waals surface area contributed by atoms with E-state index < -0.39 is 11.9 Å². The molecule has 16 rings (SSSR count). The van der Waals surface area contributed by atoms with Gasteiger partial charge in [-0.3, -0.25) is 46.9 Å². The number of rotatable bonds is 13. The second kappa shape index (κ2) is 35.4. The number of nitrogens with zero attached hydrogens (tertiary/aromatic N) is 32. The third kappa shape index (κ3) is 17.4. The van der Waals surface area contributed by atoms with Gasteiger partial charge in [0.25, 0.3) is 5.91 Å². The molecule has 0 saturated carbocycles. The zero-order valence-electron chi connectivity index (χ0n) is 61.1. The number of primary amides is 1. The van der Waals surface area contributed by atoms with E-state index in [1.165, 1.54) is 7.11 Å². The molecule has 0 aliphatic rings. The summed E-state index contributed by atoms with van der Waals surface area (Å²) in [6.07, 6.45) is 8.52. The number of carbonyl (C=O) groups is 2. The van der Waals surface area contributed by atoms with Gasteiger partial charge in [-0.2, -0.15) is 40.8 Å². The molecule has 0 aliphatic heterocycles. The Balaban J connectivity index is 0.000000196. The summed E-state index contributed by atoms with van der Waals surface area (Å²) in [5, 5.41) is 56.9. The minimum atomic E-state index is -0.610. The predicted molar refractivity (Wildman–Crippen MR) is 430 cm³/mol. The van der Waals surface area contributed by atoms with E-state index in [1.54, 1.807) is 121 Å². The van der Waals surface area contributed by atoms with Crippen molar-refractivity contribution in [3.63, 3.8) is 0 Å². The number of hydrogen-bond donors (Lipinski definition) is 1. The Bertz CT molecular complexity index is 5960. The van der Waals surface area contributed by atoms with Crippen molar-refractivity contribution in [3.05, 3.63) is 129 Å². The fourth-order valence-corrected chi connectivity index (χ4v) is 12.4. The van der Waals surface area contributed by atoms with Gasteiger partial charge in [0.15, 0.2) is 46.5 Å². The zero-order chi connectivity index (χ0) is 75.9. The first-order chi connectivity index (χ1) is 50.7. The van der Waals surface area contributed by atoms with E-state index in [-0.39, 0.29) is 48.5 Å². The zero-order valence-corrected chi connectivity index (χ0v) is 63.3. The van der Waals surface area contributed by atoms with Crippen molar-refractivity contribution in [3.8, 4) is 80.6 Å². The molecule has 111 heavy (non-hydrogen) atoms. The van der Waals surface area contributed by atoms with E-state index in [2.05, 4.69) is 98.0 Å². The maximum absolute atomic E-state index is 12.1. The quantitative estimate of drug-likeness (QED) is 0.0827. The Hall–Kier alpha value is -12.3. The second-order valence-corrected chi connectivity index (χ2v) is 25.4. The lowest BCUT2D eigenvalue weighted by Crippen LogP contribution is -2.14. The Morgan fingerprint density at radius 2 is 0.703 bits per heavy atom. The van der Waals surface area contributed by atoms with Crippen molar-refractivity contribution in [2.24, 2.45) is 62.1 Å². The molecule has 586 valence electrons. The molecule has 0 unspecified atom stereocenters. The average Bonchev–Trinajstić information content (AvgIpc) is 1.63. The number of hydrogen-bond acceptors (Lipinski definition) is 23. The van der Waals surface area contributed by atoms with Gasteiger partial charge in [-0.15, -0.1) is 20.4 Å². The van der Waals surface area contributed by atoms with Crippen molar-refractivity contribution in [1.29, 1.82) is 0 Å². The van der Waals surface area contributed by atoms with Gasteiger partial charge in [0.05, 0.1) is 82.1 Å². The molecule has 1 amide bonds. The van der Waals surface area contributed by atoms with Gasteiger partial charge < -0.3 is 10.5 Å². The van der Waals surface area contributed by atoms with Crippen LogP contribution in [0.15, 0.2) is 79.6 Å². The molecule has 0 atom stereocenters. The predicted octanol–water partition coefficient (Wildman–Crippen LogP) is 11.9. The topological polar surface area (TPSA) is 386 Å². The Kier molecular flexibility index (Phi) is 27.4. The molecule has 0 spiro atoms. The van der Waals surface area contributed by atoms with Crippen LogP contribution >= 0.6 is 34.8 Å². The number of carbonyl (C=O) groups excluding carboxylic acids is 2. The van der Waals surface area contributed by atoms with Crippen LogP contribution in [-0.4, -0.2) is 176 Å². The van der Waals surface area contributed by atoms with Gasteiger partial charge in [0.2, 0.25) is 0 Å². The largest absolute Gasteiger partial charge is 0.464 e. The van der Waals surface area contributed by atoms with Crippen molar-refractivity contribution in [1.82, 2.24) is 157 Å². The standard InChI is InChI=1S/C18H20N8O2.C17H19N9O.C16H17ClN8.C9H13N5.C7H5Cl2N3.5CH4/c1-6-26-14(7-10(2)22-26)16-21-17(25(4)23-16)15-11-9-19-24(3)13(11)8-12(20-15)18(27)28-5;1-5-26-13(6-9(2)22-26)16-21-17(25(4)23-16)14-10-8-19-24(3)12(10)7-11(20-14)15(18)27;1-5-25-12(6-9(2)21-25)15-20-16(24(4)22-15)14-10-8-18-23(3)11(10)7-13(17)19-14;1-4-14-8(5-7(2)11-14)9-10-6-13(3)12-9;1-12-5-2-6(8)11-7(9)4(5)3-10-12;;;;;/h7-9H,6H2,1-5H3;6-8H,5H2,1-4H3,(H2,18,27);6-8H,5H2,1-4H3;5-6H,4H2,1-3H3;2-3H,1H3;5*1H4. The lowest BCUT2D eigenvalue weighted by atomic mass is 10.2. The van der Waals surface area contributed by atoms with Gasteiger partial charge in [0, 0.05) is 111 Å². The smallest absolute Gasteiger partial charge is 0.356 e. The number of ether oxygens (including phenoxy) is 1. The molecule has 0 radical (unpaired) electrons. The molecule has 36 nitrogen and oxygen atoms in total. The maximum atomic E-state index is 12.1. The Labute approximate surface area is 656 Å². The van der Waals surface area contributed by atoms with E-state index >= 15 is 0 Å². The van der Waals surface area contributed by atoms with E-state index in [0.29, 0.717) is 80.6 Å². The number of pyridine rings is 4. The third-order valence-electron chi connectivity index (χ3n) is 16.8. The summed E-state index contributed by atoms with van der Waals surface area (Å²) < 4.78 is 25.8. The molecule has 16 aromatic heterocycles. The highest BCUT2D eigenvalue weighted by Gasteiger charge is 2.26. The van der Waals surface area contributed by atoms with Gasteiger partial charge in [-0.05, 0) is 91.8 Å². The van der Waals surface area contributed by atoms with Crippen LogP contribution < -0.4 is 5.73 Å². The number of fused-ring (bicyclic) bond motifs is 4. The number of esters is 1. The SMILES string of the molecule is C.C.C.C.C.CCn1nc(C)cc1-c1nc(-c2nc(C(=O)OC)cc3c2cnn3C)n(C)n1.CCn1nc(C)cc1-c1nc(-c2nc(C(N)=O)cc3c2cnn3C)n(C)n1.CCn1nc(C)cc1-c1nc(-c2nc(Cl)cc3c2cnn3C)n(C)n1.CCn1nc(C)cc1-c1ncn(C)n1.Cn1ncc2c(Cl)nc(Cl)cc21. The number of halogens is 3. The molecule has 0 saturated heterocycles. The third-order valence-corrected chi connectivity index (χ3v) is 17.4. The molecule has 0 fully saturated rings. The lowest BCUT2D eigenvalue weighted by molar-refractivity contribution is 0.0594. The molecular weight excluding hydrogens is 1480 g/mol. The van der Waals surface area contributed by atoms with Gasteiger partial charge in [-0.25, -0.2) is 58.7 Å². The molecule has 0 aromatic carbocycles. The van der Waals surface area contributed by atoms with Crippen LogP contribution in [0.3, 0.4) is 0 Å². The van der Waals surface area contributed by atoms with Crippen molar-refractivity contribution in [2.75, 3.05) is 7.11 Å². The number of methoxy groups -OCH3 is 1. The van der Waals surface area contributed by atoms with Crippen molar-refractivity contribution in [2.45, 2.75) is 119 Å². The van der Waals surface area contributed by atoms with Gasteiger partial charge in [-0.1, -0.05) is 71.9 Å². The molecular formula is C72H94Cl3N33O3. The summed E-state index contributed by atoms with van der Waals surface area (Å²) in [5.74, 6) is 2.98. The van der Waals surface area contributed by atoms with Crippen LogP contribution in [0.25, 0.3) is 124 Å². The van der Waals surface area contributed by atoms with E-state index in [0.717, 1.165) is 108 Å². The molecule has 0 aliphatic carbocycles. The maximum Gasteiger partial charge on any atom is 0.356 e. The Morgan fingerprint density at radius 3 is 1.05 bits per heavy atom. The lowest BCUT2D eigenvalue weighted by Gasteiger charge is -2.05. The second-order valence-electron chi connectivity index (χ2n) is 24.2. The summed E-state index contributed by atoms with van der Waals surface area (Å²) in [7, 11) is 15.9. The first-order valence-corrected chi connectivity index (χ1v) is 34.3. The summed E-state index contributed by atoms with van der Waals surface area (Å²) in [6.45, 7) is 18.9. The van der Waals surface area contributed by atoms with Crippen molar-refractivity contribution < 1.29 is 14.3 Å². The molecule has 39 heteroatoms. The average molecular weight is 1580 g/mol. The summed E-state index contributed by atoms with van der Waals surface area (Å²) in [5.41, 5.74) is 18.0. The van der Waals surface area contributed by atoms with Crippen LogP contribution in [0.2, 0.25) is 15.5 Å². The minimum Gasteiger partial charge on any atom is -0.464 e. The van der Waals surface area contributed by atoms with Crippen LogP contribution in [0.4, 0.5) is 0 Å². The minimum absolute atomic E-state index is 0. The summed E-state index contributed by atoms with van der Waals surface area (Å²) in [4.78, 5) is 59.4. The normalized spacial score (nSPS) is 10.8. The van der Waals surface area contributed by atoms with E-state index in [1.807, 2.05) is 120 Å². The van der Waals surface area contributed by atoms with Crippen molar-refractivity contribution >= 4 is 90.3 Å². The summed E-state index contributed by atoms with van der Waals surface area (Å²) in [6, 6.07) is 14.7. The number of amides is 1. The first-order valence-electron chi connectivity index (χ1n) is 33.1. The first kappa shape index (κ1) is 85.9. The molecule has 16 heterocycles. The number of nitrogens with two attached hydrogens (primary N) is 1. The van der Waals surface area contributed by atoms with Crippen LogP contribution in [0.5, 0.6) is 0 Å². The van der Waals surface area contributed by atoms with Crippen LogP contribution in [-0.2, 0) is 87.3 Å². The van der Waals surface area contributed by atoms with Crippen LogP contribution in [0.1, 0.15) is 109 Å². The van der Waals surface area contributed by atoms with Gasteiger partial charge in [0.1, 0.15) is 67.3 Å². The highest BCUT2D eigenvalue weighted by atomic mass is 35.5. The number of aryl methyl sites for hydroxylation is 16. The van der Waals surface area contributed by atoms with Gasteiger partial charge >= 0.3 is 5.97 Å². The van der Waals surface area contributed by atoms with Crippen LogP contribution in [0, 0.1) is 27.7 Å². The highest BCUT2D eigenvalue weighted by Crippen LogP contribution is 2.33. The number of aromatic nitrogens is 32. The fourth-order valence-electron chi connectivity index (χ4n) is 11.7. The van der Waals surface area contributed by atoms with E-state index in [4.69, 9.17) is 55.2 Å². The van der Waals surface area contributed by atoms with E-state index in [9.17, 15) is 9.59 Å². The highest BCUT2D eigenvalue weighted by molar-refractivity contribution is 6.36. The summed E-state index contributed by atoms with van der Waals surface area (Å²) >= 11 is 17.7. The monoisotopic (exact) mass is 1570 g/mol.